The van der Waals surface area contributed by atoms with E-state index in [0.717, 1.165) is 6.07 Å². The second-order valence-corrected chi connectivity index (χ2v) is 4.07. The number of carbonyl (C=O) groups is 1. The maximum Gasteiger partial charge on any atom is 0.323 e. The summed E-state index contributed by atoms with van der Waals surface area (Å²) in [5, 5.41) is 18.9. The van der Waals surface area contributed by atoms with Crippen molar-refractivity contribution < 1.29 is 22.5 Å². The van der Waals surface area contributed by atoms with Gasteiger partial charge in [0.1, 0.15) is 6.02 Å². The molecule has 0 aliphatic heterocycles. The first-order chi connectivity index (χ1) is 9.70. The van der Waals surface area contributed by atoms with Gasteiger partial charge in [0.05, 0.1) is 7.98 Å². The Morgan fingerprint density at radius 2 is 2.11 bits per heavy atom. The minimum atomic E-state index is -2.33. The summed E-state index contributed by atoms with van der Waals surface area (Å²) in [5.74, 6) is -3.58. The highest BCUT2D eigenvalue weighted by molar-refractivity contribution is 5.77. The van der Waals surface area contributed by atoms with Crippen LogP contribution in [0.4, 0.5) is 0 Å². The van der Waals surface area contributed by atoms with Crippen LogP contribution in [0.2, 0.25) is 0 Å². The number of phenols is 2. The Hall–Kier alpha value is -1.75. The highest BCUT2D eigenvalue weighted by Crippen LogP contribution is 2.32. The van der Waals surface area contributed by atoms with E-state index < -0.39 is 23.6 Å². The molecular weight excluding hydrogens is 246 g/mol. The minimum absolute atomic E-state index is 0.0553. The summed E-state index contributed by atoms with van der Waals surface area (Å²) >= 11 is 0. The number of benzene rings is 1. The second-order valence-electron chi connectivity index (χ2n) is 4.07. The van der Waals surface area contributed by atoms with Crippen LogP contribution in [-0.2, 0) is 9.53 Å². The van der Waals surface area contributed by atoms with Crippen molar-refractivity contribution in [3.8, 4) is 11.5 Å². The average Bonchev–Trinajstić information content (AvgIpc) is 2.42. The Labute approximate surface area is 115 Å². The highest BCUT2D eigenvalue weighted by atomic mass is 16.5. The van der Waals surface area contributed by atoms with Crippen molar-refractivity contribution in [3.05, 3.63) is 23.8 Å². The van der Waals surface area contributed by atoms with Crippen LogP contribution in [0.15, 0.2) is 18.2 Å². The van der Waals surface area contributed by atoms with Gasteiger partial charge in [-0.15, -0.1) is 0 Å². The lowest BCUT2D eigenvalue weighted by Gasteiger charge is -2.22. The molecule has 0 amide bonds. The highest BCUT2D eigenvalue weighted by Gasteiger charge is 2.27. The number of nitrogens with two attached hydrogens (primary N) is 1. The Morgan fingerprint density at radius 1 is 1.42 bits per heavy atom. The summed E-state index contributed by atoms with van der Waals surface area (Å²) in [6.07, 6.45) is 0.623. The van der Waals surface area contributed by atoms with Crippen molar-refractivity contribution in [2.24, 2.45) is 5.73 Å². The maximum atomic E-state index is 11.9. The van der Waals surface area contributed by atoms with E-state index in [1.165, 1.54) is 12.1 Å². The van der Waals surface area contributed by atoms with Gasteiger partial charge in [0.15, 0.2) is 11.5 Å². The van der Waals surface area contributed by atoms with Crippen LogP contribution in [0.3, 0.4) is 0 Å². The molecule has 0 heterocycles. The molecule has 1 aromatic rings. The summed E-state index contributed by atoms with van der Waals surface area (Å²) in [6.45, 7) is 3.44. The zero-order valence-corrected chi connectivity index (χ0v) is 11.1. The van der Waals surface area contributed by atoms with E-state index in [1.54, 1.807) is 13.8 Å². The first-order valence-electron chi connectivity index (χ1n) is 7.19. The minimum Gasteiger partial charge on any atom is -0.504 e. The molecule has 0 saturated carbocycles. The molecule has 0 spiro atoms. The van der Waals surface area contributed by atoms with Crippen molar-refractivity contribution in [1.82, 2.24) is 0 Å². The number of rotatable bonds is 6. The zero-order chi connectivity index (χ0) is 16.3. The van der Waals surface area contributed by atoms with Crippen LogP contribution in [0, 0.1) is 0 Å². The first kappa shape index (κ1) is 12.3. The van der Waals surface area contributed by atoms with Crippen molar-refractivity contribution >= 4 is 5.97 Å². The van der Waals surface area contributed by atoms with Crippen LogP contribution in [0.5, 0.6) is 11.5 Å². The maximum absolute atomic E-state index is 11.9. The number of carbonyl (C=O) groups excluding carboxylic acids is 1. The number of esters is 1. The lowest BCUT2D eigenvalue weighted by atomic mass is 9.88. The van der Waals surface area contributed by atoms with Gasteiger partial charge in [-0.05, 0) is 31.0 Å². The predicted molar refractivity (Wildman–Crippen MR) is 72.0 cm³/mol. The third kappa shape index (κ3) is 3.86. The molecule has 0 radical (unpaired) electrons. The number of hydrogen-bond acceptors (Lipinski definition) is 5. The standard InChI is InChI=1S/C14H21NO4/c1-3-5-10(13(15)14(18)19-4-2)9-6-7-11(16)12(17)8-9/h6-8,10,13,16-17H,3-5,15H2,1-2H3/i10D,13D. The molecule has 0 aliphatic rings. The molecule has 0 saturated heterocycles. The summed E-state index contributed by atoms with van der Waals surface area (Å²) in [5.41, 5.74) is 5.96. The van der Waals surface area contributed by atoms with E-state index >= 15 is 0 Å². The van der Waals surface area contributed by atoms with Gasteiger partial charge in [-0.1, -0.05) is 19.4 Å². The molecule has 0 aromatic heterocycles. The number of phenolic OH excluding ortho intramolecular Hbond substituents is 2. The van der Waals surface area contributed by atoms with Gasteiger partial charge in [-0.3, -0.25) is 4.79 Å². The molecule has 5 nitrogen and oxygen atoms in total. The van der Waals surface area contributed by atoms with E-state index in [0.29, 0.717) is 6.42 Å². The fourth-order valence-corrected chi connectivity index (χ4v) is 1.73. The van der Waals surface area contributed by atoms with Gasteiger partial charge in [-0.2, -0.15) is 0 Å². The molecule has 0 bridgehead atoms. The van der Waals surface area contributed by atoms with Gasteiger partial charge >= 0.3 is 5.97 Å². The first-order valence-corrected chi connectivity index (χ1v) is 6.19. The molecule has 106 valence electrons. The van der Waals surface area contributed by atoms with E-state index in [2.05, 4.69) is 0 Å². The largest absolute Gasteiger partial charge is 0.504 e. The SMILES string of the molecule is [2H]C(N)(C(=O)OCC)C([2H])(CCC)c1ccc(O)c(O)c1. The fraction of sp³-hybridized carbons (Fsp3) is 0.500. The lowest BCUT2D eigenvalue weighted by molar-refractivity contribution is -0.145. The second kappa shape index (κ2) is 6.99. The Kier molecular flexibility index (Phi) is 4.52. The van der Waals surface area contributed by atoms with Crippen molar-refractivity contribution in [3.63, 3.8) is 0 Å². The van der Waals surface area contributed by atoms with Crippen LogP contribution in [-0.4, -0.2) is 28.8 Å². The van der Waals surface area contributed by atoms with Crippen LogP contribution in [0.1, 0.15) is 40.9 Å². The van der Waals surface area contributed by atoms with Crippen molar-refractivity contribution in [2.75, 3.05) is 6.61 Å². The Balaban J connectivity index is 3.35. The van der Waals surface area contributed by atoms with Crippen LogP contribution < -0.4 is 5.73 Å². The van der Waals surface area contributed by atoms with Gasteiger partial charge < -0.3 is 20.7 Å². The van der Waals surface area contributed by atoms with Crippen molar-refractivity contribution in [2.45, 2.75) is 38.6 Å². The van der Waals surface area contributed by atoms with E-state index in [1.807, 2.05) is 0 Å². The normalized spacial score (nSPS) is 18.7. The Bertz CT molecular complexity index is 522. The van der Waals surface area contributed by atoms with Crippen LogP contribution in [0.25, 0.3) is 0 Å². The van der Waals surface area contributed by atoms with Crippen molar-refractivity contribution in [1.29, 1.82) is 0 Å². The third-order valence-corrected chi connectivity index (χ3v) is 2.64. The zero-order valence-electron chi connectivity index (χ0n) is 13.1. The Morgan fingerprint density at radius 3 is 2.63 bits per heavy atom. The molecule has 0 aliphatic carbocycles. The summed E-state index contributed by atoms with van der Waals surface area (Å²) in [6, 6.07) is 1.38. The molecule has 1 rings (SSSR count). The molecule has 19 heavy (non-hydrogen) atoms. The third-order valence-electron chi connectivity index (χ3n) is 2.64. The predicted octanol–water partition coefficient (Wildman–Crippen LogP) is 1.87. The average molecular weight is 269 g/mol. The van der Waals surface area contributed by atoms with E-state index in [9.17, 15) is 15.0 Å². The lowest BCUT2D eigenvalue weighted by Crippen LogP contribution is -2.38. The molecule has 2 atom stereocenters. The topological polar surface area (TPSA) is 92.8 Å². The smallest absolute Gasteiger partial charge is 0.323 e. The van der Waals surface area contributed by atoms with Gasteiger partial charge in [0.25, 0.3) is 0 Å². The molecule has 5 heteroatoms. The molecule has 4 N–H and O–H groups in total. The van der Waals surface area contributed by atoms with Gasteiger partial charge in [0, 0.05) is 7.26 Å². The molecule has 0 fully saturated rings. The number of ether oxygens (including phenoxy) is 1. The summed E-state index contributed by atoms with van der Waals surface area (Å²) in [4.78, 5) is 11.9. The van der Waals surface area contributed by atoms with E-state index in [-0.39, 0.29) is 24.3 Å². The van der Waals surface area contributed by atoms with Gasteiger partial charge in [-0.25, -0.2) is 0 Å². The molecule has 1 aromatic carbocycles. The summed E-state index contributed by atoms with van der Waals surface area (Å²) in [7, 11) is 0. The molecule has 2 unspecified atom stereocenters. The number of aromatic hydroxyl groups is 2. The monoisotopic (exact) mass is 269 g/mol. The van der Waals surface area contributed by atoms with E-state index in [4.69, 9.17) is 13.2 Å². The van der Waals surface area contributed by atoms with Crippen LogP contribution >= 0.6 is 0 Å². The quantitative estimate of drug-likeness (QED) is 0.541. The summed E-state index contributed by atoms with van der Waals surface area (Å²) < 4.78 is 21.5. The number of hydrogen-bond donors (Lipinski definition) is 3. The van der Waals surface area contributed by atoms with Gasteiger partial charge in [0.2, 0.25) is 0 Å². The fourth-order valence-electron chi connectivity index (χ4n) is 1.73. The molecular formula is C14H21NO4.